The van der Waals surface area contributed by atoms with Crippen molar-refractivity contribution in [3.05, 3.63) is 71.8 Å². The number of aromatic carboxylic acids is 1. The first-order valence-corrected chi connectivity index (χ1v) is 7.05. The molecule has 0 spiro atoms. The molecule has 4 heteroatoms. The monoisotopic (exact) mass is 306 g/mol. The third-order valence-electron chi connectivity index (χ3n) is 3.74. The highest BCUT2D eigenvalue weighted by Crippen LogP contribution is 2.37. The number of carboxylic acids is 1. The zero-order chi connectivity index (χ0) is 16.4. The molecule has 0 saturated carbocycles. The SMILES string of the molecule is COC(=O)c1ccc(-c2cc3cccccc-3c2C(=O)O)cc1. The maximum absolute atomic E-state index is 11.7. The third-order valence-corrected chi connectivity index (χ3v) is 3.74. The Balaban J connectivity index is 2.16. The second-order valence-corrected chi connectivity index (χ2v) is 5.09. The first-order valence-electron chi connectivity index (χ1n) is 7.05. The molecule has 0 aliphatic heterocycles. The summed E-state index contributed by atoms with van der Waals surface area (Å²) in [5.41, 5.74) is 3.62. The summed E-state index contributed by atoms with van der Waals surface area (Å²) in [7, 11) is 1.32. The Bertz CT molecular complexity index is 850. The number of benzene rings is 1. The first-order chi connectivity index (χ1) is 11.1. The van der Waals surface area contributed by atoms with Gasteiger partial charge in [-0.25, -0.2) is 9.59 Å². The third kappa shape index (κ3) is 2.66. The molecule has 0 heterocycles. The first kappa shape index (κ1) is 14.8. The van der Waals surface area contributed by atoms with Crippen molar-refractivity contribution in [3.8, 4) is 22.3 Å². The minimum Gasteiger partial charge on any atom is -0.478 e. The van der Waals surface area contributed by atoms with Crippen LogP contribution in [0.25, 0.3) is 22.3 Å². The number of carbonyl (C=O) groups excluding carboxylic acids is 1. The number of ether oxygens (including phenoxy) is 1. The van der Waals surface area contributed by atoms with Crippen molar-refractivity contribution in [2.24, 2.45) is 0 Å². The van der Waals surface area contributed by atoms with Gasteiger partial charge >= 0.3 is 11.9 Å². The van der Waals surface area contributed by atoms with Gasteiger partial charge in [0.25, 0.3) is 0 Å². The molecule has 0 fully saturated rings. The Morgan fingerprint density at radius 3 is 2.22 bits per heavy atom. The van der Waals surface area contributed by atoms with Crippen LogP contribution in [0.3, 0.4) is 0 Å². The van der Waals surface area contributed by atoms with E-state index in [1.54, 1.807) is 30.3 Å². The molecule has 0 atom stereocenters. The molecule has 0 bridgehead atoms. The Hall–Kier alpha value is -3.14. The van der Waals surface area contributed by atoms with E-state index in [0.29, 0.717) is 16.7 Å². The van der Waals surface area contributed by atoms with Crippen molar-refractivity contribution in [2.75, 3.05) is 7.11 Å². The van der Waals surface area contributed by atoms with E-state index in [1.165, 1.54) is 7.11 Å². The van der Waals surface area contributed by atoms with Crippen LogP contribution < -0.4 is 0 Å². The minimum atomic E-state index is -0.974. The number of fused-ring (bicyclic) bond motifs is 1. The molecule has 2 aliphatic carbocycles. The molecule has 114 valence electrons. The lowest BCUT2D eigenvalue weighted by atomic mass is 10.0. The Morgan fingerprint density at radius 2 is 1.57 bits per heavy atom. The Kier molecular flexibility index (Phi) is 3.81. The van der Waals surface area contributed by atoms with E-state index in [2.05, 4.69) is 4.74 Å². The molecule has 1 N–H and O–H groups in total. The normalized spacial score (nSPS) is 10.5. The van der Waals surface area contributed by atoms with Crippen LogP contribution in [0.2, 0.25) is 0 Å². The molecule has 0 amide bonds. The smallest absolute Gasteiger partial charge is 0.337 e. The molecule has 23 heavy (non-hydrogen) atoms. The minimum absolute atomic E-state index is 0.266. The quantitative estimate of drug-likeness (QED) is 0.744. The van der Waals surface area contributed by atoms with Crippen molar-refractivity contribution in [3.63, 3.8) is 0 Å². The molecule has 2 aliphatic rings. The number of hydrogen-bond donors (Lipinski definition) is 1. The van der Waals surface area contributed by atoms with Crippen molar-refractivity contribution in [1.29, 1.82) is 0 Å². The van der Waals surface area contributed by atoms with Crippen LogP contribution in [-0.4, -0.2) is 24.2 Å². The van der Waals surface area contributed by atoms with Crippen LogP contribution in [0.15, 0.2) is 60.7 Å². The second kappa shape index (κ2) is 5.93. The molecule has 1 aromatic carbocycles. The molecule has 0 radical (unpaired) electrons. The molecule has 4 nitrogen and oxygen atoms in total. The van der Waals surface area contributed by atoms with E-state index in [9.17, 15) is 14.7 Å². The predicted octanol–water partition coefficient (Wildman–Crippen LogP) is 3.94. The van der Waals surface area contributed by atoms with Crippen molar-refractivity contribution in [2.45, 2.75) is 0 Å². The largest absolute Gasteiger partial charge is 0.478 e. The van der Waals surface area contributed by atoms with Crippen LogP contribution in [0, 0.1) is 0 Å². The number of methoxy groups -OCH3 is 1. The van der Waals surface area contributed by atoms with Gasteiger partial charge in [-0.05, 0) is 40.5 Å². The average Bonchev–Trinajstić information content (AvgIpc) is 2.78. The number of esters is 1. The molecular formula is C19H14O4. The highest BCUT2D eigenvalue weighted by molar-refractivity contribution is 6.06. The molecule has 3 rings (SSSR count). The number of carbonyl (C=O) groups is 2. The van der Waals surface area contributed by atoms with E-state index in [4.69, 9.17) is 0 Å². The summed E-state index contributed by atoms with van der Waals surface area (Å²) in [4.78, 5) is 23.2. The summed E-state index contributed by atoms with van der Waals surface area (Å²) in [6.07, 6.45) is 0. The van der Waals surface area contributed by atoms with Gasteiger partial charge in [-0.2, -0.15) is 0 Å². The zero-order valence-corrected chi connectivity index (χ0v) is 12.4. The van der Waals surface area contributed by atoms with Gasteiger partial charge in [-0.3, -0.25) is 0 Å². The molecule has 0 saturated heterocycles. The average molecular weight is 306 g/mol. The molecular weight excluding hydrogens is 292 g/mol. The highest BCUT2D eigenvalue weighted by Gasteiger charge is 2.21. The van der Waals surface area contributed by atoms with Crippen LogP contribution in [0.5, 0.6) is 0 Å². The van der Waals surface area contributed by atoms with Crippen LogP contribution >= 0.6 is 0 Å². The summed E-state index contributed by atoms with van der Waals surface area (Å²) in [5, 5.41) is 9.60. The van der Waals surface area contributed by atoms with Crippen molar-refractivity contribution in [1.82, 2.24) is 0 Å². The van der Waals surface area contributed by atoms with Gasteiger partial charge in [0.2, 0.25) is 0 Å². The highest BCUT2D eigenvalue weighted by atomic mass is 16.5. The van der Waals surface area contributed by atoms with Crippen LogP contribution in [0.4, 0.5) is 0 Å². The summed E-state index contributed by atoms with van der Waals surface area (Å²) in [6, 6.07) is 17.8. The van der Waals surface area contributed by atoms with Crippen molar-refractivity contribution >= 4 is 11.9 Å². The van der Waals surface area contributed by atoms with Gasteiger partial charge in [0, 0.05) is 0 Å². The summed E-state index contributed by atoms with van der Waals surface area (Å²) < 4.78 is 4.67. The van der Waals surface area contributed by atoms with Gasteiger partial charge in [-0.1, -0.05) is 42.5 Å². The fourth-order valence-corrected chi connectivity index (χ4v) is 2.65. The van der Waals surface area contributed by atoms with Gasteiger partial charge < -0.3 is 9.84 Å². The van der Waals surface area contributed by atoms with E-state index in [0.717, 1.165) is 11.1 Å². The standard InChI is InChI=1S/C19H14O4/c1-23-19(22)13-9-7-12(8-10-13)16-11-14-5-3-2-4-6-15(14)17(16)18(20)21/h2-11H,1H3,(H,20,21). The Morgan fingerprint density at radius 1 is 0.870 bits per heavy atom. The lowest BCUT2D eigenvalue weighted by Gasteiger charge is -2.04. The fourth-order valence-electron chi connectivity index (χ4n) is 2.65. The van der Waals surface area contributed by atoms with E-state index >= 15 is 0 Å². The topological polar surface area (TPSA) is 63.6 Å². The lowest BCUT2D eigenvalue weighted by molar-refractivity contribution is 0.0599. The van der Waals surface area contributed by atoms with E-state index < -0.39 is 11.9 Å². The molecule has 0 aromatic heterocycles. The maximum atomic E-state index is 11.7. The van der Waals surface area contributed by atoms with Gasteiger partial charge in [-0.15, -0.1) is 0 Å². The lowest BCUT2D eigenvalue weighted by Crippen LogP contribution is -2.01. The summed E-state index contributed by atoms with van der Waals surface area (Å²) >= 11 is 0. The van der Waals surface area contributed by atoms with Crippen molar-refractivity contribution < 1.29 is 19.4 Å². The maximum Gasteiger partial charge on any atom is 0.337 e. The van der Waals surface area contributed by atoms with E-state index in [-0.39, 0.29) is 5.56 Å². The molecule has 0 unspecified atom stereocenters. The second-order valence-electron chi connectivity index (χ2n) is 5.09. The zero-order valence-electron chi connectivity index (χ0n) is 12.4. The Labute approximate surface area is 133 Å². The van der Waals surface area contributed by atoms with E-state index in [1.807, 2.05) is 30.3 Å². The molecule has 1 aromatic rings. The van der Waals surface area contributed by atoms with Gasteiger partial charge in [0.1, 0.15) is 0 Å². The number of carboxylic acid groups (broad SMARTS) is 1. The fraction of sp³-hybridized carbons (Fsp3) is 0.0526. The van der Waals surface area contributed by atoms with Gasteiger partial charge in [0.15, 0.2) is 0 Å². The predicted molar refractivity (Wildman–Crippen MR) is 86.8 cm³/mol. The van der Waals surface area contributed by atoms with Gasteiger partial charge in [0.05, 0.1) is 18.2 Å². The summed E-state index contributed by atoms with van der Waals surface area (Å²) in [6.45, 7) is 0. The van der Waals surface area contributed by atoms with Crippen LogP contribution in [-0.2, 0) is 4.74 Å². The summed E-state index contributed by atoms with van der Waals surface area (Å²) in [5.74, 6) is -1.40. The number of hydrogen-bond acceptors (Lipinski definition) is 3. The number of rotatable bonds is 3. The van der Waals surface area contributed by atoms with Crippen LogP contribution in [0.1, 0.15) is 20.7 Å².